The van der Waals surface area contributed by atoms with Crippen molar-refractivity contribution in [2.24, 2.45) is 0 Å². The van der Waals surface area contributed by atoms with E-state index in [-0.39, 0.29) is 5.91 Å². The molecule has 7 nitrogen and oxygen atoms in total. The molecule has 0 aliphatic heterocycles. The average molecular weight is 399 g/mol. The van der Waals surface area contributed by atoms with Crippen LogP contribution >= 0.6 is 11.3 Å². The molecule has 0 spiro atoms. The average Bonchev–Trinajstić information content (AvgIpc) is 3.18. The van der Waals surface area contributed by atoms with Crippen LogP contribution in [0.3, 0.4) is 0 Å². The van der Waals surface area contributed by atoms with Crippen molar-refractivity contribution in [3.05, 3.63) is 34.5 Å². The zero-order valence-corrected chi connectivity index (χ0v) is 17.3. The number of nitrogens with one attached hydrogen (secondary N) is 1. The number of hydrogen-bond acceptors (Lipinski definition) is 5. The maximum atomic E-state index is 12.5. The fourth-order valence-electron chi connectivity index (χ4n) is 2.67. The predicted octanol–water partition coefficient (Wildman–Crippen LogP) is 2.30. The summed E-state index contributed by atoms with van der Waals surface area (Å²) in [6, 6.07) is 5.33. The fourth-order valence-corrected chi connectivity index (χ4v) is 5.57. The molecule has 0 radical (unpaired) electrons. The molecule has 0 aliphatic rings. The van der Waals surface area contributed by atoms with E-state index in [1.54, 1.807) is 12.1 Å². The second kappa shape index (κ2) is 8.79. The second-order valence-electron chi connectivity index (χ2n) is 5.99. The van der Waals surface area contributed by atoms with Crippen LogP contribution in [0.15, 0.2) is 22.4 Å². The third-order valence-electron chi connectivity index (χ3n) is 4.05. The molecule has 1 N–H and O–H groups in total. The summed E-state index contributed by atoms with van der Waals surface area (Å²) in [6.07, 6.45) is 0.331. The number of aryl methyl sites for hydroxylation is 3. The minimum absolute atomic E-state index is 0.0842. The van der Waals surface area contributed by atoms with Gasteiger partial charge in [-0.1, -0.05) is 13.8 Å². The summed E-state index contributed by atoms with van der Waals surface area (Å²) in [6.45, 7) is 9.25. The molecule has 0 atom stereocenters. The van der Waals surface area contributed by atoms with Crippen LogP contribution in [0.2, 0.25) is 0 Å². The predicted molar refractivity (Wildman–Crippen MR) is 103 cm³/mol. The first-order chi connectivity index (χ1) is 12.3. The lowest BCUT2D eigenvalue weighted by Gasteiger charge is -2.16. The van der Waals surface area contributed by atoms with Gasteiger partial charge in [0, 0.05) is 36.6 Å². The van der Waals surface area contributed by atoms with Crippen molar-refractivity contribution in [3.63, 3.8) is 0 Å². The summed E-state index contributed by atoms with van der Waals surface area (Å²) in [7, 11) is -3.44. The van der Waals surface area contributed by atoms with Gasteiger partial charge >= 0.3 is 0 Å². The summed E-state index contributed by atoms with van der Waals surface area (Å²) in [4.78, 5) is 12.9. The molecule has 2 aromatic heterocycles. The summed E-state index contributed by atoms with van der Waals surface area (Å²) in [5, 5.41) is 7.17. The Hall–Kier alpha value is -1.71. The number of nitrogens with zero attached hydrogens (tertiary/aromatic N) is 3. The Morgan fingerprint density at radius 3 is 2.54 bits per heavy atom. The topological polar surface area (TPSA) is 84.3 Å². The van der Waals surface area contributed by atoms with Crippen LogP contribution in [-0.2, 0) is 27.9 Å². The van der Waals surface area contributed by atoms with E-state index in [2.05, 4.69) is 10.4 Å². The Labute approximate surface area is 159 Å². The first-order valence-corrected chi connectivity index (χ1v) is 10.9. The van der Waals surface area contributed by atoms with Crippen LogP contribution < -0.4 is 5.32 Å². The number of thiophene rings is 1. The molecule has 1 amide bonds. The normalized spacial score (nSPS) is 11.9. The maximum Gasteiger partial charge on any atom is 0.252 e. The summed E-state index contributed by atoms with van der Waals surface area (Å²) in [5.41, 5.74) is 1.96. The van der Waals surface area contributed by atoms with Gasteiger partial charge in [-0.15, -0.1) is 11.3 Å². The lowest BCUT2D eigenvalue weighted by Crippen LogP contribution is -2.30. The third kappa shape index (κ3) is 4.93. The zero-order valence-electron chi connectivity index (χ0n) is 15.7. The van der Waals surface area contributed by atoms with E-state index < -0.39 is 10.0 Å². The molecule has 0 aliphatic carbocycles. The van der Waals surface area contributed by atoms with Crippen LogP contribution in [0.5, 0.6) is 0 Å². The Kier molecular flexibility index (Phi) is 6.96. The highest BCUT2D eigenvalue weighted by Crippen LogP contribution is 2.24. The van der Waals surface area contributed by atoms with Crippen molar-refractivity contribution in [2.75, 3.05) is 13.1 Å². The van der Waals surface area contributed by atoms with Crippen molar-refractivity contribution in [1.82, 2.24) is 19.4 Å². The molecule has 2 rings (SSSR count). The Morgan fingerprint density at radius 2 is 1.96 bits per heavy atom. The molecule has 144 valence electrons. The number of rotatable bonds is 9. The Balaban J connectivity index is 1.89. The van der Waals surface area contributed by atoms with Gasteiger partial charge in [0.05, 0.1) is 12.2 Å². The van der Waals surface area contributed by atoms with Gasteiger partial charge in [-0.2, -0.15) is 9.40 Å². The van der Waals surface area contributed by atoms with Gasteiger partial charge in [0.25, 0.3) is 10.0 Å². The molecule has 0 aromatic carbocycles. The van der Waals surface area contributed by atoms with Crippen LogP contribution in [0.25, 0.3) is 0 Å². The standard InChI is InChI=1S/C17H26N4O3S2/c1-5-20(6-2)26(23,24)17-8-7-15(25-17)12-18-16(22)9-10-21-14(4)11-13(3)19-21/h7-8,11H,5-6,9-10,12H2,1-4H3,(H,18,22). The van der Waals surface area contributed by atoms with E-state index in [0.717, 1.165) is 16.3 Å². The van der Waals surface area contributed by atoms with Gasteiger partial charge in [-0.25, -0.2) is 8.42 Å². The van der Waals surface area contributed by atoms with Crippen molar-refractivity contribution in [1.29, 1.82) is 0 Å². The number of aromatic nitrogens is 2. The first kappa shape index (κ1) is 20.6. The van der Waals surface area contributed by atoms with Crippen LogP contribution in [-0.4, -0.2) is 41.5 Å². The minimum atomic E-state index is -3.44. The number of hydrogen-bond donors (Lipinski definition) is 1. The highest BCUT2D eigenvalue weighted by molar-refractivity contribution is 7.91. The lowest BCUT2D eigenvalue weighted by atomic mass is 10.3. The van der Waals surface area contributed by atoms with Gasteiger partial charge in [-0.05, 0) is 32.0 Å². The third-order valence-corrected chi connectivity index (χ3v) is 7.65. The second-order valence-corrected chi connectivity index (χ2v) is 9.32. The number of carbonyl (C=O) groups is 1. The summed E-state index contributed by atoms with van der Waals surface area (Å²) < 4.78 is 28.5. The molecular weight excluding hydrogens is 372 g/mol. The highest BCUT2D eigenvalue weighted by atomic mass is 32.2. The molecule has 0 bridgehead atoms. The molecular formula is C17H26N4O3S2. The molecule has 2 heterocycles. The van der Waals surface area contributed by atoms with Crippen molar-refractivity contribution >= 4 is 27.3 Å². The van der Waals surface area contributed by atoms with Crippen molar-refractivity contribution in [2.45, 2.75) is 51.4 Å². The summed E-state index contributed by atoms with van der Waals surface area (Å²) in [5.74, 6) is -0.0842. The molecule has 0 saturated carbocycles. The van der Waals surface area contributed by atoms with Gasteiger partial charge < -0.3 is 5.32 Å². The number of sulfonamides is 1. The van der Waals surface area contributed by atoms with E-state index in [4.69, 9.17) is 0 Å². The van der Waals surface area contributed by atoms with Gasteiger partial charge in [-0.3, -0.25) is 9.48 Å². The maximum absolute atomic E-state index is 12.5. The van der Waals surface area contributed by atoms with E-state index in [1.165, 1.54) is 15.6 Å². The van der Waals surface area contributed by atoms with Crippen molar-refractivity contribution < 1.29 is 13.2 Å². The van der Waals surface area contributed by atoms with Gasteiger partial charge in [0.1, 0.15) is 4.21 Å². The van der Waals surface area contributed by atoms with E-state index >= 15 is 0 Å². The summed E-state index contributed by atoms with van der Waals surface area (Å²) >= 11 is 1.20. The lowest BCUT2D eigenvalue weighted by molar-refractivity contribution is -0.121. The largest absolute Gasteiger partial charge is 0.351 e. The Morgan fingerprint density at radius 1 is 1.27 bits per heavy atom. The molecule has 0 fully saturated rings. The monoisotopic (exact) mass is 398 g/mol. The smallest absolute Gasteiger partial charge is 0.252 e. The van der Waals surface area contributed by atoms with E-state index in [9.17, 15) is 13.2 Å². The highest BCUT2D eigenvalue weighted by Gasteiger charge is 2.23. The molecule has 0 saturated heterocycles. The molecule has 2 aromatic rings. The number of carbonyl (C=O) groups excluding carboxylic acids is 1. The first-order valence-electron chi connectivity index (χ1n) is 8.64. The molecule has 0 unspecified atom stereocenters. The minimum Gasteiger partial charge on any atom is -0.351 e. The van der Waals surface area contributed by atoms with Gasteiger partial charge in [0.15, 0.2) is 0 Å². The molecule has 26 heavy (non-hydrogen) atoms. The Bertz CT molecular complexity index is 851. The fraction of sp³-hybridized carbons (Fsp3) is 0.529. The van der Waals surface area contributed by atoms with Gasteiger partial charge in [0.2, 0.25) is 5.91 Å². The van der Waals surface area contributed by atoms with Crippen LogP contribution in [0.4, 0.5) is 0 Å². The zero-order chi connectivity index (χ0) is 19.3. The van der Waals surface area contributed by atoms with E-state index in [0.29, 0.717) is 36.8 Å². The SMILES string of the molecule is CCN(CC)S(=O)(=O)c1ccc(CNC(=O)CCn2nc(C)cc2C)s1. The number of amides is 1. The van der Waals surface area contributed by atoms with Crippen molar-refractivity contribution in [3.8, 4) is 0 Å². The van der Waals surface area contributed by atoms with Crippen LogP contribution in [0.1, 0.15) is 36.5 Å². The van der Waals surface area contributed by atoms with Crippen LogP contribution in [0, 0.1) is 13.8 Å². The van der Waals surface area contributed by atoms with E-state index in [1.807, 2.05) is 38.4 Å². The quantitative estimate of drug-likeness (QED) is 0.702. The molecule has 9 heteroatoms.